The van der Waals surface area contributed by atoms with E-state index in [1.165, 1.54) is 0 Å². The van der Waals surface area contributed by atoms with Gasteiger partial charge in [0.2, 0.25) is 11.8 Å². The number of anilines is 1. The first kappa shape index (κ1) is 27.6. The van der Waals surface area contributed by atoms with Gasteiger partial charge in [-0.15, -0.1) is 11.8 Å². The maximum Gasteiger partial charge on any atom is 0.240 e. The predicted octanol–water partition coefficient (Wildman–Crippen LogP) is 5.97. The van der Waals surface area contributed by atoms with Gasteiger partial charge < -0.3 is 10.1 Å². The van der Waals surface area contributed by atoms with Gasteiger partial charge in [-0.2, -0.15) is 5.10 Å². The summed E-state index contributed by atoms with van der Waals surface area (Å²) in [4.78, 5) is 28.8. The van der Waals surface area contributed by atoms with Crippen molar-refractivity contribution in [2.24, 2.45) is 0 Å². The molecule has 2 aliphatic heterocycles. The molecular formula is C32H31ClN4O3S. The topological polar surface area (TPSA) is 76.5 Å². The number of fused-ring (bicyclic) bond motifs is 1. The zero-order chi connectivity index (χ0) is 28.3. The molecule has 3 heterocycles. The van der Waals surface area contributed by atoms with Gasteiger partial charge in [0.15, 0.2) is 0 Å². The highest BCUT2D eigenvalue weighted by molar-refractivity contribution is 8.00. The lowest BCUT2D eigenvalue weighted by molar-refractivity contribution is -0.123. The third kappa shape index (κ3) is 5.64. The Morgan fingerprint density at radius 1 is 1.07 bits per heavy atom. The second-order valence-electron chi connectivity index (χ2n) is 10.3. The van der Waals surface area contributed by atoms with Gasteiger partial charge in [-0.05, 0) is 43.0 Å². The van der Waals surface area contributed by atoms with Gasteiger partial charge in [0.05, 0.1) is 33.5 Å². The van der Waals surface area contributed by atoms with Crippen molar-refractivity contribution in [2.45, 2.75) is 31.1 Å². The highest BCUT2D eigenvalue weighted by Crippen LogP contribution is 2.49. The van der Waals surface area contributed by atoms with Crippen molar-refractivity contribution in [1.29, 1.82) is 0 Å². The molecule has 3 aromatic carbocycles. The number of benzene rings is 3. The van der Waals surface area contributed by atoms with Crippen molar-refractivity contribution in [3.63, 3.8) is 0 Å². The summed E-state index contributed by atoms with van der Waals surface area (Å²) in [5.74, 6) is 0.371. The van der Waals surface area contributed by atoms with Crippen LogP contribution in [0.15, 0.2) is 78.9 Å². The predicted molar refractivity (Wildman–Crippen MR) is 164 cm³/mol. The summed E-state index contributed by atoms with van der Waals surface area (Å²) in [7, 11) is 0. The van der Waals surface area contributed by atoms with Crippen LogP contribution in [-0.4, -0.2) is 53.1 Å². The highest BCUT2D eigenvalue weighted by atomic mass is 35.5. The molecule has 0 bridgehead atoms. The van der Waals surface area contributed by atoms with Crippen LogP contribution in [0.3, 0.4) is 0 Å². The molecular weight excluding hydrogens is 556 g/mol. The number of hydrogen-bond acceptors (Lipinski definition) is 5. The van der Waals surface area contributed by atoms with Crippen LogP contribution in [0.4, 0.5) is 5.82 Å². The van der Waals surface area contributed by atoms with Crippen LogP contribution in [0.1, 0.15) is 34.8 Å². The molecule has 2 atom stereocenters. The Bertz CT molecular complexity index is 1570. The molecule has 1 saturated heterocycles. The minimum absolute atomic E-state index is 0.00803. The van der Waals surface area contributed by atoms with Crippen molar-refractivity contribution in [3.05, 3.63) is 101 Å². The number of para-hydroxylation sites is 1. The van der Waals surface area contributed by atoms with Crippen molar-refractivity contribution in [3.8, 4) is 16.9 Å². The Kier molecular flexibility index (Phi) is 8.14. The van der Waals surface area contributed by atoms with Gasteiger partial charge in [-0.1, -0.05) is 78.3 Å². The first-order valence-electron chi connectivity index (χ1n) is 13.8. The smallest absolute Gasteiger partial charge is 0.240 e. The maximum atomic E-state index is 13.9. The Morgan fingerprint density at radius 2 is 1.83 bits per heavy atom. The number of halogens is 1. The number of hydrogen-bond donors (Lipinski definition) is 1. The summed E-state index contributed by atoms with van der Waals surface area (Å²) < 4.78 is 7.42. The fraction of sp³-hybridized carbons (Fsp3) is 0.281. The molecule has 0 aliphatic carbocycles. The van der Waals surface area contributed by atoms with E-state index in [-0.39, 0.29) is 35.5 Å². The summed E-state index contributed by atoms with van der Waals surface area (Å²) in [6, 6.07) is 25.6. The Labute approximate surface area is 248 Å². The lowest BCUT2D eigenvalue weighted by Crippen LogP contribution is -2.44. The summed E-state index contributed by atoms with van der Waals surface area (Å²) >= 11 is 8.28. The van der Waals surface area contributed by atoms with E-state index in [0.29, 0.717) is 29.7 Å². The average molecular weight is 587 g/mol. The normalized spacial score (nSPS) is 18.7. The van der Waals surface area contributed by atoms with E-state index in [1.807, 2.05) is 60.7 Å². The zero-order valence-corrected chi connectivity index (χ0v) is 24.3. The van der Waals surface area contributed by atoms with Gasteiger partial charge >= 0.3 is 0 Å². The Hall–Kier alpha value is -3.59. The quantitative estimate of drug-likeness (QED) is 0.289. The monoisotopic (exact) mass is 586 g/mol. The number of aromatic nitrogens is 2. The number of nitrogens with zero attached hydrogens (tertiary/aromatic N) is 3. The van der Waals surface area contributed by atoms with E-state index in [0.717, 1.165) is 40.8 Å². The first-order valence-corrected chi connectivity index (χ1v) is 15.2. The van der Waals surface area contributed by atoms with E-state index in [2.05, 4.69) is 24.4 Å². The van der Waals surface area contributed by atoms with Crippen LogP contribution >= 0.6 is 23.4 Å². The number of rotatable bonds is 7. The third-order valence-electron chi connectivity index (χ3n) is 7.54. The van der Waals surface area contributed by atoms with Gasteiger partial charge in [0.1, 0.15) is 12.4 Å². The lowest BCUT2D eigenvalue weighted by Gasteiger charge is -2.24. The summed E-state index contributed by atoms with van der Waals surface area (Å²) in [5, 5.41) is 8.40. The maximum absolute atomic E-state index is 13.9. The van der Waals surface area contributed by atoms with Crippen molar-refractivity contribution in [1.82, 2.24) is 15.1 Å². The molecule has 41 heavy (non-hydrogen) atoms. The van der Waals surface area contributed by atoms with Crippen LogP contribution < -0.4 is 10.2 Å². The highest BCUT2D eigenvalue weighted by Gasteiger charge is 2.38. The fourth-order valence-electron chi connectivity index (χ4n) is 5.48. The Morgan fingerprint density at radius 3 is 2.59 bits per heavy atom. The molecule has 2 aliphatic rings. The fourth-order valence-corrected chi connectivity index (χ4v) is 6.99. The molecule has 4 aromatic rings. The largest absolute Gasteiger partial charge is 0.376 e. The number of ether oxygens (including phenoxy) is 1. The van der Waals surface area contributed by atoms with Gasteiger partial charge in [-0.25, -0.2) is 4.68 Å². The SMILES string of the molecule is Cc1ccccc1C1SCC(=O)N(CC(=O)NCC2CCCO2)c2c1c(-c1ccccc1)nn2-c1ccccc1Cl. The summed E-state index contributed by atoms with van der Waals surface area (Å²) in [6.07, 6.45) is 1.92. The standard InChI is InChI=1S/C32H31ClN4O3S/c1-21-10-5-6-14-24(21)31-29-30(22-11-3-2-4-12-22)35-37(26-16-8-7-15-25(26)33)32(29)36(28(39)20-41-31)19-27(38)34-18-23-13-9-17-40-23/h2-8,10-12,14-16,23,31H,9,13,17-20H2,1H3,(H,34,38). The molecule has 6 rings (SSSR count). The molecule has 9 heteroatoms. The molecule has 1 N–H and O–H groups in total. The molecule has 1 fully saturated rings. The van der Waals surface area contributed by atoms with Crippen LogP contribution in [0, 0.1) is 6.92 Å². The number of amides is 2. The molecule has 1 aromatic heterocycles. The molecule has 0 spiro atoms. The molecule has 0 radical (unpaired) electrons. The van der Waals surface area contributed by atoms with Crippen LogP contribution in [0.2, 0.25) is 5.02 Å². The van der Waals surface area contributed by atoms with Crippen molar-refractivity contribution < 1.29 is 14.3 Å². The number of carbonyl (C=O) groups excluding carboxylic acids is 2. The minimum atomic E-state index is -0.243. The molecule has 0 saturated carbocycles. The van der Waals surface area contributed by atoms with E-state index in [1.54, 1.807) is 27.4 Å². The van der Waals surface area contributed by atoms with E-state index in [4.69, 9.17) is 21.4 Å². The third-order valence-corrected chi connectivity index (χ3v) is 9.10. The van der Waals surface area contributed by atoms with Gasteiger partial charge in [-0.3, -0.25) is 14.5 Å². The number of nitrogens with one attached hydrogen (secondary N) is 1. The second-order valence-corrected chi connectivity index (χ2v) is 11.8. The first-order chi connectivity index (χ1) is 20.0. The van der Waals surface area contributed by atoms with E-state index < -0.39 is 0 Å². The summed E-state index contributed by atoms with van der Waals surface area (Å²) in [5.41, 5.74) is 5.42. The van der Waals surface area contributed by atoms with Gasteiger partial charge in [0.25, 0.3) is 0 Å². The van der Waals surface area contributed by atoms with Crippen LogP contribution in [0.5, 0.6) is 0 Å². The number of thioether (sulfide) groups is 1. The average Bonchev–Trinajstić information content (AvgIpc) is 3.62. The van der Waals surface area contributed by atoms with E-state index in [9.17, 15) is 9.59 Å². The van der Waals surface area contributed by atoms with E-state index >= 15 is 0 Å². The molecule has 7 nitrogen and oxygen atoms in total. The van der Waals surface area contributed by atoms with Crippen LogP contribution in [-0.2, 0) is 14.3 Å². The minimum Gasteiger partial charge on any atom is -0.376 e. The molecule has 210 valence electrons. The molecule has 2 unspecified atom stereocenters. The molecule has 2 amide bonds. The van der Waals surface area contributed by atoms with Gasteiger partial charge in [0, 0.05) is 24.3 Å². The van der Waals surface area contributed by atoms with Crippen LogP contribution in [0.25, 0.3) is 16.9 Å². The Balaban J connectivity index is 1.54. The zero-order valence-electron chi connectivity index (χ0n) is 22.8. The lowest BCUT2D eigenvalue weighted by atomic mass is 9.97. The van der Waals surface area contributed by atoms with Crippen molar-refractivity contribution in [2.75, 3.05) is 30.3 Å². The second kappa shape index (κ2) is 12.1. The number of carbonyl (C=O) groups is 2. The number of aryl methyl sites for hydroxylation is 1. The summed E-state index contributed by atoms with van der Waals surface area (Å²) in [6.45, 7) is 3.09. The van der Waals surface area contributed by atoms with Crippen molar-refractivity contribution >= 4 is 41.0 Å².